The molecular formula is C15H22ClN5. The molecule has 0 atom stereocenters. The van der Waals surface area contributed by atoms with Crippen LogP contribution in [-0.4, -0.2) is 26.1 Å². The fourth-order valence-corrected chi connectivity index (χ4v) is 2.08. The van der Waals surface area contributed by atoms with Crippen molar-refractivity contribution in [3.63, 3.8) is 0 Å². The van der Waals surface area contributed by atoms with Gasteiger partial charge >= 0.3 is 0 Å². The minimum atomic E-state index is -0.108. The molecule has 2 heterocycles. The number of anilines is 1. The summed E-state index contributed by atoms with van der Waals surface area (Å²) < 4.78 is 2.08. The summed E-state index contributed by atoms with van der Waals surface area (Å²) in [7, 11) is 0. The maximum atomic E-state index is 6.06. The highest BCUT2D eigenvalue weighted by molar-refractivity contribution is 6.29. The molecule has 0 saturated heterocycles. The van der Waals surface area contributed by atoms with Crippen LogP contribution in [0.15, 0.2) is 24.8 Å². The molecule has 2 aromatic rings. The third kappa shape index (κ3) is 5.01. The molecule has 0 aromatic carbocycles. The average molecular weight is 308 g/mol. The summed E-state index contributed by atoms with van der Waals surface area (Å²) >= 11 is 6.06. The zero-order chi connectivity index (χ0) is 15.3. The third-order valence-electron chi connectivity index (χ3n) is 3.07. The molecule has 0 fully saturated rings. The number of halogens is 1. The van der Waals surface area contributed by atoms with Crippen LogP contribution in [0.1, 0.15) is 39.4 Å². The van der Waals surface area contributed by atoms with Gasteiger partial charge in [0.1, 0.15) is 16.8 Å². The van der Waals surface area contributed by atoms with Crippen LogP contribution in [0, 0.1) is 0 Å². The first-order chi connectivity index (χ1) is 9.95. The summed E-state index contributed by atoms with van der Waals surface area (Å²) in [5.74, 6) is 1.55. The first-order valence-electron chi connectivity index (χ1n) is 7.20. The van der Waals surface area contributed by atoms with Crippen LogP contribution >= 0.6 is 11.6 Å². The minimum Gasteiger partial charge on any atom is -0.370 e. The van der Waals surface area contributed by atoms with Crippen molar-refractivity contribution in [2.24, 2.45) is 0 Å². The summed E-state index contributed by atoms with van der Waals surface area (Å²) in [4.78, 5) is 12.8. The van der Waals surface area contributed by atoms with Crippen molar-refractivity contribution in [1.82, 2.24) is 19.5 Å². The summed E-state index contributed by atoms with van der Waals surface area (Å²) in [6, 6.07) is 1.77. The number of aryl methyl sites for hydroxylation is 1. The van der Waals surface area contributed by atoms with Gasteiger partial charge in [0.2, 0.25) is 0 Å². The van der Waals surface area contributed by atoms with E-state index >= 15 is 0 Å². The Morgan fingerprint density at radius 1 is 1.24 bits per heavy atom. The molecule has 2 rings (SSSR count). The number of unbranched alkanes of at least 4 members (excludes halogenated alkanes) is 1. The molecule has 6 heteroatoms. The van der Waals surface area contributed by atoms with E-state index in [9.17, 15) is 0 Å². The summed E-state index contributed by atoms with van der Waals surface area (Å²) in [5, 5.41) is 3.80. The molecule has 1 N–H and O–H groups in total. The molecule has 0 spiro atoms. The van der Waals surface area contributed by atoms with Gasteiger partial charge in [0.25, 0.3) is 0 Å². The van der Waals surface area contributed by atoms with Gasteiger partial charge in [-0.2, -0.15) is 0 Å². The zero-order valence-electron chi connectivity index (χ0n) is 12.8. The molecule has 0 aliphatic carbocycles. The second kappa shape index (κ2) is 6.89. The Morgan fingerprint density at radius 3 is 2.71 bits per heavy atom. The van der Waals surface area contributed by atoms with E-state index in [1.165, 1.54) is 0 Å². The number of hydrogen-bond donors (Lipinski definition) is 1. The Bertz CT molecular complexity index is 560. The van der Waals surface area contributed by atoms with Crippen LogP contribution in [-0.2, 0) is 12.0 Å². The molecule has 5 nitrogen and oxygen atoms in total. The van der Waals surface area contributed by atoms with Gasteiger partial charge in [-0.05, 0) is 12.8 Å². The molecule has 0 saturated carbocycles. The summed E-state index contributed by atoms with van der Waals surface area (Å²) in [6.07, 6.45) is 7.77. The van der Waals surface area contributed by atoms with Gasteiger partial charge in [0.05, 0.1) is 6.33 Å². The fraction of sp³-hybridized carbons (Fsp3) is 0.533. The van der Waals surface area contributed by atoms with Crippen molar-refractivity contribution >= 4 is 17.4 Å². The highest BCUT2D eigenvalue weighted by Gasteiger charge is 2.18. The summed E-state index contributed by atoms with van der Waals surface area (Å²) in [5.41, 5.74) is -0.108. The number of nitrogens with zero attached hydrogens (tertiary/aromatic N) is 4. The molecule has 0 aliphatic rings. The van der Waals surface area contributed by atoms with Crippen LogP contribution in [0.5, 0.6) is 0 Å². The van der Waals surface area contributed by atoms with Crippen molar-refractivity contribution in [1.29, 1.82) is 0 Å². The lowest BCUT2D eigenvalue weighted by Gasteiger charge is -2.17. The van der Waals surface area contributed by atoms with Crippen LogP contribution in [0.2, 0.25) is 5.15 Å². The number of hydrogen-bond acceptors (Lipinski definition) is 4. The number of rotatable bonds is 6. The lowest BCUT2D eigenvalue weighted by molar-refractivity contribution is 0.545. The van der Waals surface area contributed by atoms with Gasteiger partial charge < -0.3 is 9.88 Å². The predicted octanol–water partition coefficient (Wildman–Crippen LogP) is 3.52. The fourth-order valence-electron chi connectivity index (χ4n) is 1.90. The molecule has 21 heavy (non-hydrogen) atoms. The maximum Gasteiger partial charge on any atom is 0.137 e. The van der Waals surface area contributed by atoms with Gasteiger partial charge in [0, 0.05) is 37.0 Å². The van der Waals surface area contributed by atoms with Crippen molar-refractivity contribution < 1.29 is 0 Å². The second-order valence-corrected chi connectivity index (χ2v) is 6.47. The molecular weight excluding hydrogens is 286 g/mol. The topological polar surface area (TPSA) is 55.6 Å². The van der Waals surface area contributed by atoms with Crippen molar-refractivity contribution in [3.8, 4) is 0 Å². The predicted molar refractivity (Wildman–Crippen MR) is 85.7 cm³/mol. The molecule has 0 bridgehead atoms. The monoisotopic (exact) mass is 307 g/mol. The molecule has 0 amide bonds. The minimum absolute atomic E-state index is 0.108. The molecule has 0 unspecified atom stereocenters. The Balaban J connectivity index is 1.81. The van der Waals surface area contributed by atoms with Gasteiger partial charge in [0.15, 0.2) is 0 Å². The van der Waals surface area contributed by atoms with Crippen molar-refractivity contribution in [2.45, 2.75) is 45.6 Å². The first-order valence-corrected chi connectivity index (χ1v) is 7.57. The number of imidazole rings is 1. The zero-order valence-corrected chi connectivity index (χ0v) is 13.6. The van der Waals surface area contributed by atoms with E-state index in [1.54, 1.807) is 12.3 Å². The Kier molecular flexibility index (Phi) is 5.17. The maximum absolute atomic E-state index is 6.06. The van der Waals surface area contributed by atoms with E-state index in [0.29, 0.717) is 5.15 Å². The molecule has 114 valence electrons. The van der Waals surface area contributed by atoms with E-state index in [4.69, 9.17) is 11.6 Å². The Morgan fingerprint density at radius 2 is 2.05 bits per heavy atom. The van der Waals surface area contributed by atoms with Crippen LogP contribution in [0.3, 0.4) is 0 Å². The average Bonchev–Trinajstić information content (AvgIpc) is 2.90. The van der Waals surface area contributed by atoms with E-state index in [0.717, 1.165) is 37.6 Å². The van der Waals surface area contributed by atoms with Crippen LogP contribution < -0.4 is 5.32 Å². The third-order valence-corrected chi connectivity index (χ3v) is 3.27. The van der Waals surface area contributed by atoms with Gasteiger partial charge in [-0.15, -0.1) is 0 Å². The highest BCUT2D eigenvalue weighted by atomic mass is 35.5. The second-order valence-electron chi connectivity index (χ2n) is 6.08. The SMILES string of the molecule is CC(C)(C)c1nc(Cl)cc(NCCCCn2ccnc2)n1. The molecule has 2 aromatic heterocycles. The lowest BCUT2D eigenvalue weighted by Crippen LogP contribution is -2.17. The van der Waals surface area contributed by atoms with E-state index in [-0.39, 0.29) is 5.41 Å². The first kappa shape index (κ1) is 15.8. The Labute approximate surface area is 130 Å². The highest BCUT2D eigenvalue weighted by Crippen LogP contribution is 2.22. The molecule has 0 aliphatic heterocycles. The van der Waals surface area contributed by atoms with Gasteiger partial charge in [-0.25, -0.2) is 15.0 Å². The molecule has 0 radical (unpaired) electrons. The van der Waals surface area contributed by atoms with E-state index in [2.05, 4.69) is 45.6 Å². The van der Waals surface area contributed by atoms with Crippen LogP contribution in [0.4, 0.5) is 5.82 Å². The quantitative estimate of drug-likeness (QED) is 0.655. The van der Waals surface area contributed by atoms with Crippen molar-refractivity contribution in [3.05, 3.63) is 35.8 Å². The largest absolute Gasteiger partial charge is 0.370 e. The van der Waals surface area contributed by atoms with Crippen molar-refractivity contribution in [2.75, 3.05) is 11.9 Å². The number of nitrogens with one attached hydrogen (secondary N) is 1. The Hall–Kier alpha value is -1.62. The standard InChI is InChI=1S/C15H22ClN5/c1-15(2,3)14-19-12(16)10-13(20-14)18-6-4-5-8-21-9-7-17-11-21/h7,9-11H,4-6,8H2,1-3H3,(H,18,19,20). The number of aromatic nitrogens is 4. The summed E-state index contributed by atoms with van der Waals surface area (Å²) in [6.45, 7) is 8.08. The lowest BCUT2D eigenvalue weighted by atomic mass is 9.96. The van der Waals surface area contributed by atoms with Gasteiger partial charge in [-0.1, -0.05) is 32.4 Å². The van der Waals surface area contributed by atoms with E-state index in [1.807, 2.05) is 12.5 Å². The van der Waals surface area contributed by atoms with E-state index < -0.39 is 0 Å². The van der Waals surface area contributed by atoms with Gasteiger partial charge in [-0.3, -0.25) is 0 Å². The normalized spacial score (nSPS) is 11.6. The smallest absolute Gasteiger partial charge is 0.137 e. The van der Waals surface area contributed by atoms with Crippen LogP contribution in [0.25, 0.3) is 0 Å².